The van der Waals surface area contributed by atoms with Crippen LogP contribution in [0.5, 0.6) is 5.75 Å². The Bertz CT molecular complexity index is 1170. The highest BCUT2D eigenvalue weighted by Gasteiger charge is 2.24. The fraction of sp³-hybridized carbons (Fsp3) is 0.227. The van der Waals surface area contributed by atoms with E-state index in [0.717, 1.165) is 33.3 Å². The van der Waals surface area contributed by atoms with Gasteiger partial charge in [-0.25, -0.2) is 9.37 Å². The fourth-order valence-electron chi connectivity index (χ4n) is 3.47. The van der Waals surface area contributed by atoms with Crippen LogP contribution in [0.15, 0.2) is 36.4 Å². The zero-order valence-electron chi connectivity index (χ0n) is 16.6. The summed E-state index contributed by atoms with van der Waals surface area (Å²) in [5, 5.41) is 3.55. The van der Waals surface area contributed by atoms with Gasteiger partial charge < -0.3 is 10.1 Å². The van der Waals surface area contributed by atoms with Crippen molar-refractivity contribution in [3.05, 3.63) is 63.9 Å². The molecule has 0 saturated carbocycles. The van der Waals surface area contributed by atoms with Crippen molar-refractivity contribution >= 4 is 27.8 Å². The van der Waals surface area contributed by atoms with E-state index in [1.165, 1.54) is 10.9 Å². The summed E-state index contributed by atoms with van der Waals surface area (Å²) in [6, 6.07) is 11.0. The first-order chi connectivity index (χ1) is 13.4. The molecule has 4 rings (SSSR count). The molecule has 0 amide bonds. The highest BCUT2D eigenvalue weighted by molar-refractivity contribution is 7.17. The molecule has 6 heteroatoms. The van der Waals surface area contributed by atoms with Gasteiger partial charge in [-0.2, -0.15) is 0 Å². The first-order valence-corrected chi connectivity index (χ1v) is 9.88. The van der Waals surface area contributed by atoms with E-state index in [2.05, 4.69) is 49.5 Å². The smallest absolute Gasteiger partial charge is 0.196 e. The van der Waals surface area contributed by atoms with Gasteiger partial charge in [0, 0.05) is 16.3 Å². The minimum Gasteiger partial charge on any atom is -0.496 e. The van der Waals surface area contributed by atoms with E-state index in [4.69, 9.17) is 9.72 Å². The number of nitrogens with zero attached hydrogens (tertiary/aromatic N) is 2. The monoisotopic (exact) mass is 395 g/mol. The number of aryl methyl sites for hydroxylation is 4. The number of nitrogens with one attached hydrogen (secondary N) is 1. The van der Waals surface area contributed by atoms with Gasteiger partial charge in [0.2, 0.25) is 0 Å². The average Bonchev–Trinajstić information content (AvgIpc) is 3.14. The topological polar surface area (TPSA) is 38.6 Å². The minimum absolute atomic E-state index is 0.357. The van der Waals surface area contributed by atoms with E-state index < -0.39 is 0 Å². The number of hydrogen-bond donors (Lipinski definition) is 1. The summed E-state index contributed by atoms with van der Waals surface area (Å²) in [6.45, 7) is 8.24. The highest BCUT2D eigenvalue weighted by atomic mass is 32.1. The number of anilines is 2. The van der Waals surface area contributed by atoms with Gasteiger partial charge in [-0.05, 0) is 51.0 Å². The van der Waals surface area contributed by atoms with Crippen LogP contribution in [0, 0.1) is 33.5 Å². The van der Waals surface area contributed by atoms with E-state index in [1.807, 2.05) is 6.07 Å². The van der Waals surface area contributed by atoms with Gasteiger partial charge in [0.15, 0.2) is 4.96 Å². The molecule has 4 nitrogen and oxygen atoms in total. The minimum atomic E-state index is -0.357. The number of para-hydroxylation sites is 1. The lowest BCUT2D eigenvalue weighted by Crippen LogP contribution is -2.02. The normalized spacial score (nSPS) is 11.2. The van der Waals surface area contributed by atoms with Crippen LogP contribution in [0.3, 0.4) is 0 Å². The van der Waals surface area contributed by atoms with Crippen LogP contribution in [0.1, 0.15) is 21.7 Å². The summed E-state index contributed by atoms with van der Waals surface area (Å²) in [4.78, 5) is 6.79. The first kappa shape index (κ1) is 18.5. The summed E-state index contributed by atoms with van der Waals surface area (Å²) >= 11 is 1.60. The number of methoxy groups -OCH3 is 1. The van der Waals surface area contributed by atoms with E-state index in [1.54, 1.807) is 30.6 Å². The summed E-state index contributed by atoms with van der Waals surface area (Å²) in [5.74, 6) is 0.853. The van der Waals surface area contributed by atoms with Gasteiger partial charge in [0.25, 0.3) is 0 Å². The van der Waals surface area contributed by atoms with Crippen LogP contribution >= 0.6 is 11.3 Å². The van der Waals surface area contributed by atoms with E-state index in [0.29, 0.717) is 17.0 Å². The van der Waals surface area contributed by atoms with Crippen LogP contribution in [0.4, 0.5) is 15.9 Å². The Morgan fingerprint density at radius 3 is 2.39 bits per heavy atom. The molecule has 0 aliphatic heterocycles. The molecule has 4 aromatic rings. The second-order valence-corrected chi connectivity index (χ2v) is 8.06. The Balaban J connectivity index is 2.03. The molecule has 0 spiro atoms. The van der Waals surface area contributed by atoms with E-state index in [-0.39, 0.29) is 5.82 Å². The molecule has 2 heterocycles. The summed E-state index contributed by atoms with van der Waals surface area (Å²) < 4.78 is 22.4. The SMILES string of the molecule is COc1cccc(F)c1-c1nc2sc(C)c(C)n2c1Nc1c(C)cccc1C. The molecule has 1 N–H and O–H groups in total. The van der Waals surface area contributed by atoms with Crippen molar-refractivity contribution in [3.63, 3.8) is 0 Å². The largest absolute Gasteiger partial charge is 0.496 e. The molecular weight excluding hydrogens is 373 g/mol. The van der Waals surface area contributed by atoms with Crippen molar-refractivity contribution in [2.45, 2.75) is 27.7 Å². The zero-order valence-corrected chi connectivity index (χ0v) is 17.4. The molecule has 0 radical (unpaired) electrons. The third-order valence-electron chi connectivity index (χ3n) is 5.09. The Hall–Kier alpha value is -2.86. The maximum atomic E-state index is 14.9. The van der Waals surface area contributed by atoms with Crippen molar-refractivity contribution in [1.82, 2.24) is 9.38 Å². The number of fused-ring (bicyclic) bond motifs is 1. The van der Waals surface area contributed by atoms with Crippen molar-refractivity contribution in [3.8, 4) is 17.0 Å². The predicted molar refractivity (Wildman–Crippen MR) is 114 cm³/mol. The number of imidazole rings is 1. The standard InChI is InChI=1S/C22H22FN3OS/c1-12-8-6-9-13(2)19(12)24-21-20(18-16(23)10-7-11-17(18)27-5)25-22-26(21)14(3)15(4)28-22/h6-11,24H,1-5H3. The van der Waals surface area contributed by atoms with Gasteiger partial charge in [0.1, 0.15) is 23.1 Å². The van der Waals surface area contributed by atoms with Gasteiger partial charge in [-0.15, -0.1) is 11.3 Å². The summed E-state index contributed by atoms with van der Waals surface area (Å²) in [6.07, 6.45) is 0. The van der Waals surface area contributed by atoms with Crippen LogP contribution in [0.25, 0.3) is 16.2 Å². The maximum absolute atomic E-state index is 14.9. The van der Waals surface area contributed by atoms with Crippen LogP contribution < -0.4 is 10.1 Å². The second kappa shape index (κ2) is 6.95. The third-order valence-corrected chi connectivity index (χ3v) is 6.15. The molecular formula is C22H22FN3OS. The maximum Gasteiger partial charge on any atom is 0.196 e. The van der Waals surface area contributed by atoms with Crippen LogP contribution in [-0.4, -0.2) is 16.5 Å². The summed E-state index contributed by atoms with van der Waals surface area (Å²) in [7, 11) is 1.55. The molecule has 0 saturated heterocycles. The molecule has 0 aliphatic carbocycles. The average molecular weight is 396 g/mol. The molecule has 2 aromatic carbocycles. The Labute approximate surface area is 167 Å². The Morgan fingerprint density at radius 1 is 1.04 bits per heavy atom. The predicted octanol–water partition coefficient (Wildman–Crippen LogP) is 6.19. The molecule has 0 aliphatic rings. The summed E-state index contributed by atoms with van der Waals surface area (Å²) in [5.41, 5.74) is 5.24. The van der Waals surface area contributed by atoms with Gasteiger partial charge in [-0.1, -0.05) is 24.3 Å². The second-order valence-electron chi connectivity index (χ2n) is 6.88. The van der Waals surface area contributed by atoms with Gasteiger partial charge in [0.05, 0.1) is 12.7 Å². The van der Waals surface area contributed by atoms with E-state index in [9.17, 15) is 4.39 Å². The van der Waals surface area contributed by atoms with Crippen molar-refractivity contribution in [1.29, 1.82) is 0 Å². The number of benzene rings is 2. The Morgan fingerprint density at radius 2 is 1.71 bits per heavy atom. The lowest BCUT2D eigenvalue weighted by atomic mass is 10.1. The van der Waals surface area contributed by atoms with Crippen molar-refractivity contribution in [2.24, 2.45) is 0 Å². The lowest BCUT2D eigenvalue weighted by molar-refractivity contribution is 0.413. The van der Waals surface area contributed by atoms with Crippen molar-refractivity contribution in [2.75, 3.05) is 12.4 Å². The van der Waals surface area contributed by atoms with Crippen molar-refractivity contribution < 1.29 is 9.13 Å². The van der Waals surface area contributed by atoms with Gasteiger partial charge >= 0.3 is 0 Å². The molecule has 0 bridgehead atoms. The molecule has 0 atom stereocenters. The molecule has 28 heavy (non-hydrogen) atoms. The number of thiazole rings is 1. The number of rotatable bonds is 4. The molecule has 0 unspecified atom stereocenters. The molecule has 144 valence electrons. The number of aromatic nitrogens is 2. The quantitative estimate of drug-likeness (QED) is 0.448. The number of ether oxygens (including phenoxy) is 1. The zero-order chi connectivity index (χ0) is 20.0. The van der Waals surface area contributed by atoms with E-state index >= 15 is 0 Å². The van der Waals surface area contributed by atoms with Crippen LogP contribution in [0.2, 0.25) is 0 Å². The Kier molecular flexibility index (Phi) is 4.59. The molecule has 2 aromatic heterocycles. The fourth-order valence-corrected chi connectivity index (χ4v) is 4.44. The van der Waals surface area contributed by atoms with Gasteiger partial charge in [-0.3, -0.25) is 4.40 Å². The number of halogens is 1. The van der Waals surface area contributed by atoms with Crippen LogP contribution in [-0.2, 0) is 0 Å². The number of hydrogen-bond acceptors (Lipinski definition) is 4. The molecule has 0 fully saturated rings. The highest BCUT2D eigenvalue weighted by Crippen LogP contribution is 2.41. The lowest BCUT2D eigenvalue weighted by Gasteiger charge is -2.15. The first-order valence-electron chi connectivity index (χ1n) is 9.07. The third kappa shape index (κ3) is 2.85.